The number of halogens is 3. The maximum Gasteiger partial charge on any atom is 0.308 e. The van der Waals surface area contributed by atoms with E-state index < -0.39 is 29.3 Å². The van der Waals surface area contributed by atoms with Gasteiger partial charge in [-0.1, -0.05) is 6.08 Å². The van der Waals surface area contributed by atoms with Gasteiger partial charge < -0.3 is 14.7 Å². The largest absolute Gasteiger partial charge is 0.497 e. The lowest BCUT2D eigenvalue weighted by Gasteiger charge is -2.27. The molecule has 1 unspecified atom stereocenters. The number of nitrogens with zero attached hydrogens (tertiary/aromatic N) is 2. The second-order valence-corrected chi connectivity index (χ2v) is 7.68. The Bertz CT molecular complexity index is 1150. The summed E-state index contributed by atoms with van der Waals surface area (Å²) in [7, 11) is 1.52. The van der Waals surface area contributed by atoms with Crippen molar-refractivity contribution in [2.45, 2.75) is 19.3 Å². The molecule has 5 nitrogen and oxygen atoms in total. The van der Waals surface area contributed by atoms with Gasteiger partial charge >= 0.3 is 5.97 Å². The quantitative estimate of drug-likeness (QED) is 0.391. The van der Waals surface area contributed by atoms with E-state index >= 15 is 0 Å². The van der Waals surface area contributed by atoms with E-state index in [0.717, 1.165) is 24.4 Å². The normalized spacial score (nSPS) is 11.9. The standard InChI is InChI=1S/C25H25F3N2O3/c1-3-11-30(24-12-17(26)7-9-21(24)27)15-16(25(31)32)5-4-6-19-20-13-18(33-2)8-10-23(20)29-14-22(19)28/h3,7-10,12-14,16H,1,4-6,11,15H2,2H3,(H,31,32). The number of pyridine rings is 1. The summed E-state index contributed by atoms with van der Waals surface area (Å²) < 4.78 is 47.7. The molecule has 0 saturated heterocycles. The number of methoxy groups -OCH3 is 1. The first-order chi connectivity index (χ1) is 15.8. The number of aromatic nitrogens is 1. The lowest BCUT2D eigenvalue weighted by atomic mass is 9.97. The summed E-state index contributed by atoms with van der Waals surface area (Å²) in [6.07, 6.45) is 3.52. The van der Waals surface area contributed by atoms with E-state index in [9.17, 15) is 23.1 Å². The molecule has 0 amide bonds. The number of anilines is 1. The highest BCUT2D eigenvalue weighted by molar-refractivity contribution is 5.83. The molecule has 2 aromatic carbocycles. The lowest BCUT2D eigenvalue weighted by molar-refractivity contribution is -0.141. The van der Waals surface area contributed by atoms with Crippen LogP contribution in [0.4, 0.5) is 18.9 Å². The molecule has 0 aliphatic rings. The molecule has 0 spiro atoms. The number of hydrogen-bond donors (Lipinski definition) is 1. The lowest BCUT2D eigenvalue weighted by Crippen LogP contribution is -2.34. The van der Waals surface area contributed by atoms with Gasteiger partial charge in [-0.25, -0.2) is 13.2 Å². The van der Waals surface area contributed by atoms with Gasteiger partial charge in [-0.3, -0.25) is 9.78 Å². The Kier molecular flexibility index (Phi) is 7.92. The second kappa shape index (κ2) is 10.8. The van der Waals surface area contributed by atoms with Crippen molar-refractivity contribution >= 4 is 22.6 Å². The number of aryl methyl sites for hydroxylation is 1. The fourth-order valence-corrected chi connectivity index (χ4v) is 3.82. The van der Waals surface area contributed by atoms with E-state index in [2.05, 4.69) is 11.6 Å². The fraction of sp³-hybridized carbons (Fsp3) is 0.280. The van der Waals surface area contributed by atoms with Crippen molar-refractivity contribution < 1.29 is 27.8 Å². The van der Waals surface area contributed by atoms with Crippen molar-refractivity contribution in [1.29, 1.82) is 0 Å². The van der Waals surface area contributed by atoms with Crippen LogP contribution in [0.5, 0.6) is 5.75 Å². The zero-order chi connectivity index (χ0) is 24.0. The van der Waals surface area contributed by atoms with Crippen LogP contribution in [0, 0.1) is 23.4 Å². The second-order valence-electron chi connectivity index (χ2n) is 7.68. The highest BCUT2D eigenvalue weighted by Gasteiger charge is 2.23. The van der Waals surface area contributed by atoms with Crippen molar-refractivity contribution in [2.75, 3.05) is 25.1 Å². The molecule has 1 heterocycles. The zero-order valence-corrected chi connectivity index (χ0v) is 18.2. The first kappa shape index (κ1) is 24.1. The van der Waals surface area contributed by atoms with E-state index in [-0.39, 0.29) is 31.6 Å². The maximum absolute atomic E-state index is 14.5. The number of ether oxygens (including phenoxy) is 1. The third-order valence-corrected chi connectivity index (χ3v) is 5.50. The zero-order valence-electron chi connectivity index (χ0n) is 18.2. The molecule has 3 aromatic rings. The van der Waals surface area contributed by atoms with Crippen LogP contribution < -0.4 is 9.64 Å². The minimum Gasteiger partial charge on any atom is -0.497 e. The van der Waals surface area contributed by atoms with Gasteiger partial charge in [0.1, 0.15) is 23.2 Å². The van der Waals surface area contributed by atoms with Crippen LogP contribution in [0.2, 0.25) is 0 Å². The van der Waals surface area contributed by atoms with Crippen LogP contribution in [-0.2, 0) is 11.2 Å². The molecule has 0 aliphatic heterocycles. The van der Waals surface area contributed by atoms with Crippen LogP contribution in [0.3, 0.4) is 0 Å². The summed E-state index contributed by atoms with van der Waals surface area (Å²) in [5, 5.41) is 10.3. The molecule has 0 bridgehead atoms. The Morgan fingerprint density at radius 3 is 2.70 bits per heavy atom. The molecule has 33 heavy (non-hydrogen) atoms. The summed E-state index contributed by atoms with van der Waals surface area (Å²) in [4.78, 5) is 17.4. The third kappa shape index (κ3) is 5.83. The molecule has 0 fully saturated rings. The molecule has 1 N–H and O–H groups in total. The van der Waals surface area contributed by atoms with Gasteiger partial charge in [0.2, 0.25) is 0 Å². The van der Waals surface area contributed by atoms with Crippen molar-refractivity contribution in [3.8, 4) is 5.75 Å². The van der Waals surface area contributed by atoms with Gasteiger partial charge in [-0.2, -0.15) is 0 Å². The van der Waals surface area contributed by atoms with Crippen LogP contribution in [0.1, 0.15) is 18.4 Å². The summed E-state index contributed by atoms with van der Waals surface area (Å²) in [5.74, 6) is -3.13. The molecule has 1 aromatic heterocycles. The highest BCUT2D eigenvalue weighted by Crippen LogP contribution is 2.27. The highest BCUT2D eigenvalue weighted by atomic mass is 19.1. The number of benzene rings is 2. The van der Waals surface area contributed by atoms with Gasteiger partial charge in [-0.15, -0.1) is 6.58 Å². The Balaban J connectivity index is 1.77. The minimum absolute atomic E-state index is 0.0283. The van der Waals surface area contributed by atoms with Crippen LogP contribution in [0.15, 0.2) is 55.3 Å². The predicted octanol–water partition coefficient (Wildman–Crippen LogP) is 5.38. The third-order valence-electron chi connectivity index (χ3n) is 5.50. The van der Waals surface area contributed by atoms with Gasteiger partial charge in [0, 0.05) is 24.5 Å². The van der Waals surface area contributed by atoms with E-state index in [1.165, 1.54) is 18.1 Å². The number of aliphatic carboxylic acids is 1. The smallest absolute Gasteiger partial charge is 0.308 e. The first-order valence-electron chi connectivity index (χ1n) is 10.5. The molecule has 3 rings (SSSR count). The molecule has 0 radical (unpaired) electrons. The van der Waals surface area contributed by atoms with Gasteiger partial charge in [0.05, 0.1) is 30.4 Å². The van der Waals surface area contributed by atoms with Crippen LogP contribution in [0.25, 0.3) is 10.9 Å². The summed E-state index contributed by atoms with van der Waals surface area (Å²) in [6, 6.07) is 8.21. The summed E-state index contributed by atoms with van der Waals surface area (Å²) >= 11 is 0. The Labute approximate surface area is 190 Å². The number of hydrogen-bond acceptors (Lipinski definition) is 4. The van der Waals surface area contributed by atoms with Gasteiger partial charge in [-0.05, 0) is 55.2 Å². The van der Waals surface area contributed by atoms with Gasteiger partial charge in [0.25, 0.3) is 0 Å². The van der Waals surface area contributed by atoms with E-state index in [0.29, 0.717) is 28.6 Å². The molecular formula is C25H25F3N2O3. The average molecular weight is 458 g/mol. The first-order valence-corrected chi connectivity index (χ1v) is 10.5. The Morgan fingerprint density at radius 2 is 2.00 bits per heavy atom. The number of fused-ring (bicyclic) bond motifs is 1. The SMILES string of the molecule is C=CCN(CC(CCCc1c(F)cnc2ccc(OC)cc12)C(=O)O)c1cc(F)ccc1F. The van der Waals surface area contributed by atoms with E-state index in [4.69, 9.17) is 4.74 Å². The number of rotatable bonds is 11. The topological polar surface area (TPSA) is 62.7 Å². The van der Waals surface area contributed by atoms with E-state index in [1.807, 2.05) is 0 Å². The monoisotopic (exact) mass is 458 g/mol. The average Bonchev–Trinajstić information content (AvgIpc) is 2.80. The molecule has 0 saturated carbocycles. The number of carboxylic acids is 1. The molecule has 8 heteroatoms. The molecule has 0 aliphatic carbocycles. The summed E-state index contributed by atoms with van der Waals surface area (Å²) in [5.41, 5.74) is 1.02. The maximum atomic E-state index is 14.5. The molecule has 174 valence electrons. The van der Waals surface area contributed by atoms with Gasteiger partial charge in [0.15, 0.2) is 0 Å². The van der Waals surface area contributed by atoms with Crippen LogP contribution in [-0.4, -0.2) is 36.3 Å². The fourth-order valence-electron chi connectivity index (χ4n) is 3.82. The van der Waals surface area contributed by atoms with E-state index in [1.54, 1.807) is 18.2 Å². The summed E-state index contributed by atoms with van der Waals surface area (Å²) in [6.45, 7) is 3.72. The van der Waals surface area contributed by atoms with Crippen molar-refractivity contribution in [2.24, 2.45) is 5.92 Å². The van der Waals surface area contributed by atoms with Crippen molar-refractivity contribution in [3.63, 3.8) is 0 Å². The van der Waals surface area contributed by atoms with Crippen molar-refractivity contribution in [3.05, 3.63) is 78.3 Å². The number of carboxylic acid groups (broad SMARTS) is 1. The molecular weight excluding hydrogens is 433 g/mol. The van der Waals surface area contributed by atoms with Crippen molar-refractivity contribution in [1.82, 2.24) is 4.98 Å². The minimum atomic E-state index is -1.07. The Morgan fingerprint density at radius 1 is 1.21 bits per heavy atom. The Hall–Kier alpha value is -3.55. The predicted molar refractivity (Wildman–Crippen MR) is 121 cm³/mol. The molecule has 1 atom stereocenters. The number of carbonyl (C=O) groups is 1. The van der Waals surface area contributed by atoms with Crippen LogP contribution >= 0.6 is 0 Å².